The molecule has 7 atom stereocenters. The minimum absolute atomic E-state index is 0.0188. The summed E-state index contributed by atoms with van der Waals surface area (Å²) >= 11 is 0. The summed E-state index contributed by atoms with van der Waals surface area (Å²) < 4.78 is 5.37. The van der Waals surface area contributed by atoms with Crippen molar-refractivity contribution in [2.75, 3.05) is 7.11 Å². The summed E-state index contributed by atoms with van der Waals surface area (Å²) in [6, 6.07) is 2.16. The highest BCUT2D eigenvalue weighted by atomic mass is 16.5. The van der Waals surface area contributed by atoms with Crippen LogP contribution in [0.4, 0.5) is 0 Å². The lowest BCUT2D eigenvalue weighted by Gasteiger charge is -2.64. The fourth-order valence-electron chi connectivity index (χ4n) is 9.83. The van der Waals surface area contributed by atoms with Gasteiger partial charge >= 0.3 is 5.97 Å². The summed E-state index contributed by atoms with van der Waals surface area (Å²) in [5.41, 5.74) is -0.544. The van der Waals surface area contributed by atoms with Crippen LogP contribution in [-0.2, 0) is 19.1 Å². The molecule has 5 rings (SSSR count). The Labute approximate surface area is 215 Å². The van der Waals surface area contributed by atoms with Crippen molar-refractivity contribution >= 4 is 17.5 Å². The van der Waals surface area contributed by atoms with Gasteiger partial charge in [-0.1, -0.05) is 53.2 Å². The lowest BCUT2D eigenvalue weighted by Crippen LogP contribution is -2.62. The Kier molecular flexibility index (Phi) is 5.40. The normalized spacial score (nSPS) is 44.5. The average molecular weight is 492 g/mol. The van der Waals surface area contributed by atoms with Gasteiger partial charge in [-0.15, -0.1) is 0 Å². The van der Waals surface area contributed by atoms with E-state index in [0.717, 1.165) is 50.5 Å². The molecule has 5 aliphatic carbocycles. The minimum atomic E-state index is -0.656. The van der Waals surface area contributed by atoms with Crippen LogP contribution in [0.2, 0.25) is 0 Å². The van der Waals surface area contributed by atoms with Crippen LogP contribution in [0.5, 0.6) is 0 Å². The molecule has 0 saturated heterocycles. The third-order valence-electron chi connectivity index (χ3n) is 11.7. The summed E-state index contributed by atoms with van der Waals surface area (Å²) in [6.07, 6.45) is 9.77. The summed E-state index contributed by atoms with van der Waals surface area (Å²) in [5, 5.41) is 9.81. The number of nitriles is 1. The highest BCUT2D eigenvalue weighted by Crippen LogP contribution is 2.70. The third kappa shape index (κ3) is 3.09. The number of carbonyl (C=O) groups excluding carboxylic acids is 3. The van der Waals surface area contributed by atoms with Crippen LogP contribution in [0, 0.1) is 62.1 Å². The number of methoxy groups -OCH3 is 1. The van der Waals surface area contributed by atoms with Crippen LogP contribution in [0.25, 0.3) is 0 Å². The van der Waals surface area contributed by atoms with Crippen molar-refractivity contribution in [3.05, 3.63) is 23.3 Å². The van der Waals surface area contributed by atoms with Crippen molar-refractivity contribution in [3.8, 4) is 6.07 Å². The third-order valence-corrected chi connectivity index (χ3v) is 11.7. The SMILES string of the molecule is COC(=O)[C@@]12CCC3[C@H](C(=O)C=C4[C@@]3(C)CC[C@H]3C(C)(C)C(=O)C(C#N)=C[C@]43C)[C@@H]1CC(C)(C)CC2. The Morgan fingerprint density at radius 1 is 1.00 bits per heavy atom. The van der Waals surface area contributed by atoms with Gasteiger partial charge in [0.2, 0.25) is 0 Å². The first-order valence-corrected chi connectivity index (χ1v) is 13.7. The number of nitrogens with zero attached hydrogens (tertiary/aromatic N) is 1. The van der Waals surface area contributed by atoms with Gasteiger partial charge in [-0.05, 0) is 79.6 Å². The van der Waals surface area contributed by atoms with Crippen LogP contribution < -0.4 is 0 Å². The van der Waals surface area contributed by atoms with Crippen LogP contribution in [0.1, 0.15) is 86.5 Å². The van der Waals surface area contributed by atoms with Crippen molar-refractivity contribution in [1.29, 1.82) is 5.26 Å². The van der Waals surface area contributed by atoms with Gasteiger partial charge in [0.15, 0.2) is 11.6 Å². The molecule has 5 aliphatic rings. The van der Waals surface area contributed by atoms with Gasteiger partial charge in [0.1, 0.15) is 6.07 Å². The van der Waals surface area contributed by atoms with E-state index in [2.05, 4.69) is 33.8 Å². The number of hydrogen-bond acceptors (Lipinski definition) is 5. The highest BCUT2D eigenvalue weighted by Gasteiger charge is 2.67. The maximum atomic E-state index is 14.2. The van der Waals surface area contributed by atoms with Crippen LogP contribution in [-0.4, -0.2) is 24.6 Å². The molecule has 194 valence electrons. The Morgan fingerprint density at radius 2 is 1.69 bits per heavy atom. The summed E-state index contributed by atoms with van der Waals surface area (Å²) in [4.78, 5) is 40.6. The largest absolute Gasteiger partial charge is 0.469 e. The Balaban J connectivity index is 1.66. The second kappa shape index (κ2) is 7.65. The molecule has 36 heavy (non-hydrogen) atoms. The number of esters is 1. The van der Waals surface area contributed by atoms with E-state index in [0.29, 0.717) is 0 Å². The molecule has 3 saturated carbocycles. The van der Waals surface area contributed by atoms with Gasteiger partial charge < -0.3 is 4.74 Å². The maximum absolute atomic E-state index is 14.2. The number of hydrogen-bond donors (Lipinski definition) is 0. The maximum Gasteiger partial charge on any atom is 0.312 e. The first-order chi connectivity index (χ1) is 16.7. The zero-order valence-corrected chi connectivity index (χ0v) is 23.0. The standard InChI is InChI=1S/C31H41NO4/c1-27(2)12-13-31(26(35)36-7)11-8-19-24(20(31)16-27)21(33)14-23-29(19,5)10-9-22-28(3,4)25(34)18(17-32)15-30(22,23)6/h14-15,19-20,22,24H,8-13,16H2,1-7H3/t19?,20-,22-,24-,29-,30-,31+/m0/s1. The van der Waals surface area contributed by atoms with E-state index >= 15 is 0 Å². The lowest BCUT2D eigenvalue weighted by atomic mass is 9.38. The van der Waals surface area contributed by atoms with Crippen molar-refractivity contribution in [3.63, 3.8) is 0 Å². The Bertz CT molecular complexity index is 1150. The first-order valence-electron chi connectivity index (χ1n) is 13.7. The molecule has 0 spiro atoms. The number of carbonyl (C=O) groups is 3. The summed E-state index contributed by atoms with van der Waals surface area (Å²) in [6.45, 7) is 12.9. The molecule has 1 unspecified atom stereocenters. The van der Waals surface area contributed by atoms with E-state index < -0.39 is 16.2 Å². The van der Waals surface area contributed by atoms with Crippen LogP contribution >= 0.6 is 0 Å². The molecule has 0 aromatic rings. The van der Waals surface area contributed by atoms with Crippen LogP contribution in [0.3, 0.4) is 0 Å². The van der Waals surface area contributed by atoms with E-state index in [1.807, 2.05) is 26.0 Å². The van der Waals surface area contributed by atoms with Crippen molar-refractivity contribution < 1.29 is 19.1 Å². The lowest BCUT2D eigenvalue weighted by molar-refractivity contribution is -0.178. The molecule has 3 fully saturated rings. The van der Waals surface area contributed by atoms with Crippen molar-refractivity contribution in [1.82, 2.24) is 0 Å². The monoisotopic (exact) mass is 491 g/mol. The minimum Gasteiger partial charge on any atom is -0.469 e. The quantitative estimate of drug-likeness (QED) is 0.421. The van der Waals surface area contributed by atoms with Crippen LogP contribution in [0.15, 0.2) is 23.3 Å². The predicted molar refractivity (Wildman–Crippen MR) is 136 cm³/mol. The molecule has 5 heteroatoms. The fourth-order valence-corrected chi connectivity index (χ4v) is 9.83. The number of rotatable bonds is 1. The Morgan fingerprint density at radius 3 is 2.33 bits per heavy atom. The average Bonchev–Trinajstić information content (AvgIpc) is 2.81. The molecular weight excluding hydrogens is 450 g/mol. The summed E-state index contributed by atoms with van der Waals surface area (Å²) in [5.74, 6) is -0.102. The molecule has 0 bridgehead atoms. The smallest absolute Gasteiger partial charge is 0.312 e. The van der Waals surface area contributed by atoms with Gasteiger partial charge in [-0.3, -0.25) is 14.4 Å². The summed E-state index contributed by atoms with van der Waals surface area (Å²) in [7, 11) is 1.48. The molecule has 0 N–H and O–H groups in total. The Hall–Kier alpha value is -2.22. The fraction of sp³-hybridized carbons (Fsp3) is 0.742. The predicted octanol–water partition coefficient (Wildman–Crippen LogP) is 5.99. The van der Waals surface area contributed by atoms with E-state index in [1.165, 1.54) is 7.11 Å². The van der Waals surface area contributed by atoms with E-state index in [4.69, 9.17) is 4.74 Å². The second-order valence-electron chi connectivity index (χ2n) is 14.3. The number of Topliss-reactive ketones (excluding diaryl/α,β-unsaturated/α-hetero) is 1. The van der Waals surface area contributed by atoms with E-state index in [9.17, 15) is 19.6 Å². The molecule has 0 amide bonds. The molecule has 5 nitrogen and oxygen atoms in total. The molecule has 0 heterocycles. The van der Waals surface area contributed by atoms with E-state index in [1.54, 1.807) is 0 Å². The number of ether oxygens (including phenoxy) is 1. The first kappa shape index (κ1) is 25.4. The second-order valence-corrected chi connectivity index (χ2v) is 14.3. The zero-order valence-electron chi connectivity index (χ0n) is 23.0. The van der Waals surface area contributed by atoms with Crippen molar-refractivity contribution in [2.24, 2.45) is 50.7 Å². The van der Waals surface area contributed by atoms with Gasteiger partial charge in [0.25, 0.3) is 0 Å². The van der Waals surface area contributed by atoms with Gasteiger partial charge in [0.05, 0.1) is 18.1 Å². The highest BCUT2D eigenvalue weighted by molar-refractivity contribution is 6.04. The number of ketones is 2. The van der Waals surface area contributed by atoms with Gasteiger partial charge in [-0.25, -0.2) is 0 Å². The van der Waals surface area contributed by atoms with Gasteiger partial charge in [0, 0.05) is 16.7 Å². The number of fused-ring (bicyclic) bond motifs is 7. The van der Waals surface area contributed by atoms with E-state index in [-0.39, 0.29) is 57.6 Å². The molecule has 0 aliphatic heterocycles. The van der Waals surface area contributed by atoms with Crippen molar-refractivity contribution in [2.45, 2.75) is 86.5 Å². The molecule has 0 radical (unpaired) electrons. The van der Waals surface area contributed by atoms with Gasteiger partial charge in [-0.2, -0.15) is 5.26 Å². The topological polar surface area (TPSA) is 84.2 Å². The molecule has 0 aromatic heterocycles. The molecular formula is C31H41NO4. The number of allylic oxidation sites excluding steroid dienone is 4. The zero-order chi connectivity index (χ0) is 26.5. The molecule has 0 aromatic carbocycles.